The van der Waals surface area contributed by atoms with E-state index in [9.17, 15) is 13.2 Å². The SMILES string of the molecule is Nc1nc(Cl)c(N)c(NCc2c(F)ccc(F)c2F)n1. The van der Waals surface area contributed by atoms with E-state index in [0.717, 1.165) is 6.07 Å². The Morgan fingerprint density at radius 2 is 1.75 bits per heavy atom. The lowest BCUT2D eigenvalue weighted by Gasteiger charge is -2.11. The van der Waals surface area contributed by atoms with Gasteiger partial charge in [0.2, 0.25) is 5.95 Å². The number of nitrogens with zero attached hydrogens (tertiary/aromatic N) is 2. The molecule has 2 rings (SSSR count). The van der Waals surface area contributed by atoms with E-state index in [4.69, 9.17) is 23.1 Å². The molecule has 0 amide bonds. The first-order valence-corrected chi connectivity index (χ1v) is 5.72. The number of hydrogen-bond acceptors (Lipinski definition) is 5. The third-order valence-electron chi connectivity index (χ3n) is 2.49. The molecule has 0 saturated carbocycles. The van der Waals surface area contributed by atoms with Crippen molar-refractivity contribution in [1.29, 1.82) is 0 Å². The van der Waals surface area contributed by atoms with Crippen molar-refractivity contribution in [3.8, 4) is 0 Å². The summed E-state index contributed by atoms with van der Waals surface area (Å²) in [4.78, 5) is 7.33. The molecule has 1 heterocycles. The smallest absolute Gasteiger partial charge is 0.223 e. The Kier molecular flexibility index (Phi) is 3.84. The second kappa shape index (κ2) is 5.41. The Hall–Kier alpha value is -2.22. The van der Waals surface area contributed by atoms with Gasteiger partial charge < -0.3 is 16.8 Å². The molecule has 0 bridgehead atoms. The highest BCUT2D eigenvalue weighted by atomic mass is 35.5. The van der Waals surface area contributed by atoms with E-state index in [0.29, 0.717) is 6.07 Å². The summed E-state index contributed by atoms with van der Waals surface area (Å²) in [6.45, 7) is -0.383. The number of nitrogen functional groups attached to an aromatic ring is 2. The Balaban J connectivity index is 2.28. The van der Waals surface area contributed by atoms with E-state index in [-0.39, 0.29) is 29.2 Å². The molecule has 0 spiro atoms. The first-order chi connectivity index (χ1) is 9.40. The third kappa shape index (κ3) is 2.69. The second-order valence-corrected chi connectivity index (χ2v) is 4.17. The van der Waals surface area contributed by atoms with Crippen LogP contribution in [-0.4, -0.2) is 9.97 Å². The molecule has 5 nitrogen and oxygen atoms in total. The van der Waals surface area contributed by atoms with Crippen LogP contribution in [0, 0.1) is 17.5 Å². The summed E-state index contributed by atoms with van der Waals surface area (Å²) in [5.41, 5.74) is 10.4. The van der Waals surface area contributed by atoms with Crippen molar-refractivity contribution in [3.05, 3.63) is 40.3 Å². The van der Waals surface area contributed by atoms with Gasteiger partial charge in [0.1, 0.15) is 11.5 Å². The van der Waals surface area contributed by atoms with E-state index in [1.807, 2.05) is 0 Å². The van der Waals surface area contributed by atoms with Crippen LogP contribution in [0.25, 0.3) is 0 Å². The van der Waals surface area contributed by atoms with Gasteiger partial charge in [0.05, 0.1) is 0 Å². The number of nitrogens with one attached hydrogen (secondary N) is 1. The summed E-state index contributed by atoms with van der Waals surface area (Å²) in [5.74, 6) is -3.50. The fourth-order valence-corrected chi connectivity index (χ4v) is 1.67. The maximum absolute atomic E-state index is 13.5. The van der Waals surface area contributed by atoms with Crippen molar-refractivity contribution in [2.75, 3.05) is 16.8 Å². The number of hydrogen-bond donors (Lipinski definition) is 3. The standard InChI is InChI=1S/C11H9ClF3N5/c12-9-8(16)10(20-11(17)19-9)18-3-4-5(13)1-2-6(14)7(4)15/h1-2H,3,16H2,(H3,17,18,19,20). The minimum atomic E-state index is -1.29. The zero-order valence-electron chi connectivity index (χ0n) is 9.92. The van der Waals surface area contributed by atoms with Crippen molar-refractivity contribution in [2.24, 2.45) is 0 Å². The summed E-state index contributed by atoms with van der Waals surface area (Å²) in [7, 11) is 0. The minimum absolute atomic E-state index is 0.00515. The van der Waals surface area contributed by atoms with Gasteiger partial charge in [-0.05, 0) is 12.1 Å². The molecule has 0 fully saturated rings. The van der Waals surface area contributed by atoms with Gasteiger partial charge in [0.15, 0.2) is 22.6 Å². The van der Waals surface area contributed by atoms with Crippen LogP contribution in [0.4, 0.5) is 30.6 Å². The Bertz CT molecular complexity index is 665. The second-order valence-electron chi connectivity index (χ2n) is 3.81. The van der Waals surface area contributed by atoms with Crippen LogP contribution in [-0.2, 0) is 6.54 Å². The number of anilines is 3. The van der Waals surface area contributed by atoms with Crippen molar-refractivity contribution in [3.63, 3.8) is 0 Å². The summed E-state index contributed by atoms with van der Waals surface area (Å²) in [6, 6.07) is 1.52. The zero-order valence-corrected chi connectivity index (χ0v) is 10.7. The quantitative estimate of drug-likeness (QED) is 0.598. The molecule has 2 aromatic rings. The highest BCUT2D eigenvalue weighted by molar-refractivity contribution is 6.32. The first-order valence-electron chi connectivity index (χ1n) is 5.35. The van der Waals surface area contributed by atoms with Crippen LogP contribution in [0.1, 0.15) is 5.56 Å². The van der Waals surface area contributed by atoms with Gasteiger partial charge in [-0.15, -0.1) is 0 Å². The fraction of sp³-hybridized carbons (Fsp3) is 0.0909. The van der Waals surface area contributed by atoms with Gasteiger partial charge in [0.25, 0.3) is 0 Å². The molecule has 1 aromatic heterocycles. The van der Waals surface area contributed by atoms with Gasteiger partial charge in [0, 0.05) is 12.1 Å². The number of rotatable bonds is 3. The molecule has 5 N–H and O–H groups in total. The lowest BCUT2D eigenvalue weighted by molar-refractivity contribution is 0.481. The predicted octanol–water partition coefficient (Wildman–Crippen LogP) is 2.32. The van der Waals surface area contributed by atoms with Crippen LogP contribution in [0.15, 0.2) is 12.1 Å². The molecule has 0 unspecified atom stereocenters. The van der Waals surface area contributed by atoms with E-state index < -0.39 is 23.0 Å². The monoisotopic (exact) mass is 303 g/mol. The number of nitrogens with two attached hydrogens (primary N) is 2. The number of aromatic nitrogens is 2. The fourth-order valence-electron chi connectivity index (χ4n) is 1.50. The predicted molar refractivity (Wildman–Crippen MR) is 69.5 cm³/mol. The molecule has 0 aliphatic heterocycles. The average molecular weight is 304 g/mol. The summed E-state index contributed by atoms with van der Waals surface area (Å²) < 4.78 is 39.9. The van der Waals surface area contributed by atoms with Crippen LogP contribution >= 0.6 is 11.6 Å². The molecule has 9 heteroatoms. The van der Waals surface area contributed by atoms with Crippen molar-refractivity contribution >= 4 is 29.1 Å². The van der Waals surface area contributed by atoms with Crippen LogP contribution in [0.5, 0.6) is 0 Å². The average Bonchev–Trinajstić information content (AvgIpc) is 2.39. The molecular formula is C11H9ClF3N5. The molecule has 0 atom stereocenters. The lowest BCUT2D eigenvalue weighted by Crippen LogP contribution is -2.11. The maximum atomic E-state index is 13.5. The van der Waals surface area contributed by atoms with Gasteiger partial charge in [-0.3, -0.25) is 0 Å². The summed E-state index contributed by atoms with van der Waals surface area (Å²) >= 11 is 5.68. The van der Waals surface area contributed by atoms with Crippen molar-refractivity contribution < 1.29 is 13.2 Å². The van der Waals surface area contributed by atoms with Crippen LogP contribution in [0.3, 0.4) is 0 Å². The molecule has 20 heavy (non-hydrogen) atoms. The molecule has 0 saturated heterocycles. The molecular weight excluding hydrogens is 295 g/mol. The number of halogens is 4. The van der Waals surface area contributed by atoms with E-state index in [1.54, 1.807) is 0 Å². The molecule has 0 radical (unpaired) electrons. The van der Waals surface area contributed by atoms with Crippen LogP contribution in [0.2, 0.25) is 5.15 Å². The first kappa shape index (κ1) is 14.2. The van der Waals surface area contributed by atoms with E-state index in [1.165, 1.54) is 0 Å². The van der Waals surface area contributed by atoms with Gasteiger partial charge in [-0.1, -0.05) is 11.6 Å². The van der Waals surface area contributed by atoms with Gasteiger partial charge in [-0.25, -0.2) is 13.2 Å². The Morgan fingerprint density at radius 3 is 2.45 bits per heavy atom. The van der Waals surface area contributed by atoms with Crippen LogP contribution < -0.4 is 16.8 Å². The normalized spacial score (nSPS) is 10.6. The zero-order chi connectivity index (χ0) is 14.9. The molecule has 106 valence electrons. The van der Waals surface area contributed by atoms with Crippen molar-refractivity contribution in [2.45, 2.75) is 6.54 Å². The maximum Gasteiger partial charge on any atom is 0.223 e. The van der Waals surface area contributed by atoms with E-state index in [2.05, 4.69) is 15.3 Å². The molecule has 0 aliphatic carbocycles. The third-order valence-corrected chi connectivity index (χ3v) is 2.78. The lowest BCUT2D eigenvalue weighted by atomic mass is 10.2. The highest BCUT2D eigenvalue weighted by Gasteiger charge is 2.15. The highest BCUT2D eigenvalue weighted by Crippen LogP contribution is 2.25. The van der Waals surface area contributed by atoms with Gasteiger partial charge >= 0.3 is 0 Å². The topological polar surface area (TPSA) is 89.8 Å². The largest absolute Gasteiger partial charge is 0.393 e. The molecule has 1 aromatic carbocycles. The minimum Gasteiger partial charge on any atom is -0.393 e. The Labute approximate surface area is 116 Å². The number of benzene rings is 1. The molecule has 0 aliphatic rings. The van der Waals surface area contributed by atoms with Crippen molar-refractivity contribution in [1.82, 2.24) is 9.97 Å². The summed E-state index contributed by atoms with van der Waals surface area (Å²) in [5, 5.41) is 2.44. The Morgan fingerprint density at radius 1 is 1.10 bits per heavy atom. The van der Waals surface area contributed by atoms with E-state index >= 15 is 0 Å². The van der Waals surface area contributed by atoms with Gasteiger partial charge in [-0.2, -0.15) is 9.97 Å². The summed E-state index contributed by atoms with van der Waals surface area (Å²) in [6.07, 6.45) is 0.